The monoisotopic (exact) mass is 273 g/mol. The molecule has 1 N–H and O–H groups in total. The van der Waals surface area contributed by atoms with Crippen LogP contribution in [-0.2, 0) is 14.3 Å². The van der Waals surface area contributed by atoms with Gasteiger partial charge in [-0.25, -0.2) is 0 Å². The SMILES string of the molecule is CC(C)(C)OC(=O)CCC(=O)NC1CCSCC1. The van der Waals surface area contributed by atoms with Crippen molar-refractivity contribution in [2.24, 2.45) is 0 Å². The van der Waals surface area contributed by atoms with E-state index in [2.05, 4.69) is 5.32 Å². The summed E-state index contributed by atoms with van der Waals surface area (Å²) in [5.74, 6) is 1.86. The van der Waals surface area contributed by atoms with Crippen LogP contribution in [0.3, 0.4) is 0 Å². The third-order valence-electron chi connectivity index (χ3n) is 2.56. The second-order valence-corrected chi connectivity index (χ2v) is 6.77. The molecule has 0 saturated carbocycles. The molecular formula is C13H23NO3S. The fourth-order valence-electron chi connectivity index (χ4n) is 1.75. The number of ether oxygens (including phenoxy) is 1. The van der Waals surface area contributed by atoms with E-state index in [1.165, 1.54) is 0 Å². The first-order chi connectivity index (χ1) is 8.37. The van der Waals surface area contributed by atoms with Gasteiger partial charge in [0.15, 0.2) is 0 Å². The largest absolute Gasteiger partial charge is 0.460 e. The van der Waals surface area contributed by atoms with Gasteiger partial charge in [-0.15, -0.1) is 0 Å². The van der Waals surface area contributed by atoms with Crippen molar-refractivity contribution >= 4 is 23.6 Å². The van der Waals surface area contributed by atoms with Crippen molar-refractivity contribution in [3.8, 4) is 0 Å². The van der Waals surface area contributed by atoms with Crippen molar-refractivity contribution in [3.05, 3.63) is 0 Å². The van der Waals surface area contributed by atoms with Crippen LogP contribution in [-0.4, -0.2) is 35.0 Å². The van der Waals surface area contributed by atoms with Crippen LogP contribution >= 0.6 is 11.8 Å². The molecule has 4 nitrogen and oxygen atoms in total. The van der Waals surface area contributed by atoms with Gasteiger partial charge >= 0.3 is 5.97 Å². The van der Waals surface area contributed by atoms with Gasteiger partial charge in [0.1, 0.15) is 5.60 Å². The summed E-state index contributed by atoms with van der Waals surface area (Å²) in [6.45, 7) is 5.47. The first-order valence-electron chi connectivity index (χ1n) is 6.46. The molecular weight excluding hydrogens is 250 g/mol. The van der Waals surface area contributed by atoms with Crippen molar-refractivity contribution in [3.63, 3.8) is 0 Å². The molecule has 5 heteroatoms. The van der Waals surface area contributed by atoms with Crippen molar-refractivity contribution < 1.29 is 14.3 Å². The van der Waals surface area contributed by atoms with E-state index in [4.69, 9.17) is 4.74 Å². The Morgan fingerprint density at radius 2 is 1.83 bits per heavy atom. The third kappa shape index (κ3) is 6.89. The molecule has 0 spiro atoms. The molecule has 1 rings (SSSR count). The van der Waals surface area contributed by atoms with Crippen molar-refractivity contribution in [1.29, 1.82) is 0 Å². The van der Waals surface area contributed by atoms with Gasteiger partial charge in [-0.2, -0.15) is 11.8 Å². The highest BCUT2D eigenvalue weighted by atomic mass is 32.2. The molecule has 1 fully saturated rings. The first-order valence-corrected chi connectivity index (χ1v) is 7.61. The van der Waals surface area contributed by atoms with Gasteiger partial charge in [0.2, 0.25) is 5.91 Å². The molecule has 0 radical (unpaired) electrons. The highest BCUT2D eigenvalue weighted by Gasteiger charge is 2.19. The Kier molecular flexibility index (Phi) is 5.99. The van der Waals surface area contributed by atoms with Gasteiger partial charge in [-0.05, 0) is 45.1 Å². The molecule has 0 atom stereocenters. The normalized spacial score (nSPS) is 17.3. The fourth-order valence-corrected chi connectivity index (χ4v) is 2.86. The molecule has 1 aliphatic rings. The second kappa shape index (κ2) is 7.02. The fraction of sp³-hybridized carbons (Fsp3) is 0.846. The van der Waals surface area contributed by atoms with Crippen molar-refractivity contribution in [2.75, 3.05) is 11.5 Å². The molecule has 0 aromatic rings. The number of hydrogen-bond acceptors (Lipinski definition) is 4. The Balaban J connectivity index is 2.18. The lowest BCUT2D eigenvalue weighted by atomic mass is 10.1. The summed E-state index contributed by atoms with van der Waals surface area (Å²) < 4.78 is 5.16. The number of carbonyl (C=O) groups is 2. The summed E-state index contributed by atoms with van der Waals surface area (Å²) in [7, 11) is 0. The van der Waals surface area contributed by atoms with E-state index in [1.807, 2.05) is 32.5 Å². The number of rotatable bonds is 4. The predicted molar refractivity (Wildman–Crippen MR) is 73.6 cm³/mol. The number of nitrogens with one attached hydrogen (secondary N) is 1. The highest BCUT2D eigenvalue weighted by molar-refractivity contribution is 7.99. The molecule has 18 heavy (non-hydrogen) atoms. The Morgan fingerprint density at radius 1 is 1.22 bits per heavy atom. The Labute approximate surface area is 113 Å². The minimum atomic E-state index is -0.478. The van der Waals surface area contributed by atoms with Crippen LogP contribution < -0.4 is 5.32 Å². The molecule has 0 unspecified atom stereocenters. The molecule has 1 saturated heterocycles. The van der Waals surface area contributed by atoms with Crippen LogP contribution in [0.5, 0.6) is 0 Å². The summed E-state index contributed by atoms with van der Waals surface area (Å²) >= 11 is 1.92. The van der Waals surface area contributed by atoms with Crippen molar-refractivity contribution in [1.82, 2.24) is 5.32 Å². The van der Waals surface area contributed by atoms with E-state index < -0.39 is 5.60 Å². The lowest BCUT2D eigenvalue weighted by molar-refractivity contribution is -0.155. The summed E-state index contributed by atoms with van der Waals surface area (Å²) in [5, 5.41) is 2.98. The van der Waals surface area contributed by atoms with Gasteiger partial charge in [-0.1, -0.05) is 0 Å². The maximum atomic E-state index is 11.7. The maximum absolute atomic E-state index is 11.7. The zero-order valence-corrected chi connectivity index (χ0v) is 12.3. The van der Waals surface area contributed by atoms with Gasteiger partial charge in [0, 0.05) is 12.5 Å². The highest BCUT2D eigenvalue weighted by Crippen LogP contribution is 2.17. The summed E-state index contributed by atoms with van der Waals surface area (Å²) in [5.41, 5.74) is -0.478. The molecule has 0 aliphatic carbocycles. The maximum Gasteiger partial charge on any atom is 0.306 e. The first kappa shape index (κ1) is 15.3. The van der Waals surface area contributed by atoms with E-state index in [1.54, 1.807) is 0 Å². The number of carbonyl (C=O) groups excluding carboxylic acids is 2. The number of thioether (sulfide) groups is 1. The van der Waals surface area contributed by atoms with Gasteiger partial charge in [-0.3, -0.25) is 9.59 Å². The Hall–Kier alpha value is -0.710. The zero-order valence-electron chi connectivity index (χ0n) is 11.5. The number of esters is 1. The van der Waals surface area contributed by atoms with Crippen LogP contribution in [0.4, 0.5) is 0 Å². The minimum Gasteiger partial charge on any atom is -0.460 e. The Morgan fingerprint density at radius 3 is 2.39 bits per heavy atom. The van der Waals surface area contributed by atoms with Crippen LogP contribution in [0, 0.1) is 0 Å². The predicted octanol–water partition coefficient (Wildman–Crippen LogP) is 2.12. The smallest absolute Gasteiger partial charge is 0.306 e. The molecule has 1 amide bonds. The minimum absolute atomic E-state index is 0.0437. The van der Waals surface area contributed by atoms with Crippen LogP contribution in [0.2, 0.25) is 0 Å². The topological polar surface area (TPSA) is 55.4 Å². The molecule has 104 valence electrons. The van der Waals surface area contributed by atoms with Gasteiger partial charge < -0.3 is 10.1 Å². The number of amides is 1. The third-order valence-corrected chi connectivity index (χ3v) is 3.61. The van der Waals surface area contributed by atoms with Gasteiger partial charge in [0.05, 0.1) is 6.42 Å². The number of hydrogen-bond donors (Lipinski definition) is 1. The molecule has 1 heterocycles. The molecule has 1 aliphatic heterocycles. The van der Waals surface area contributed by atoms with E-state index in [0.717, 1.165) is 24.3 Å². The molecule has 0 aromatic heterocycles. The Bertz CT molecular complexity index is 293. The van der Waals surface area contributed by atoms with E-state index >= 15 is 0 Å². The van der Waals surface area contributed by atoms with Crippen LogP contribution in [0.1, 0.15) is 46.5 Å². The summed E-state index contributed by atoms with van der Waals surface area (Å²) in [6.07, 6.45) is 2.44. The van der Waals surface area contributed by atoms with E-state index in [0.29, 0.717) is 0 Å². The average Bonchev–Trinajstić information content (AvgIpc) is 2.25. The average molecular weight is 273 g/mol. The standard InChI is InChI=1S/C13H23NO3S/c1-13(2,3)17-12(16)5-4-11(15)14-10-6-8-18-9-7-10/h10H,4-9H2,1-3H3,(H,14,15). The van der Waals surface area contributed by atoms with Crippen molar-refractivity contribution in [2.45, 2.75) is 58.1 Å². The van der Waals surface area contributed by atoms with Crippen LogP contribution in [0.15, 0.2) is 0 Å². The van der Waals surface area contributed by atoms with E-state index in [9.17, 15) is 9.59 Å². The zero-order chi connectivity index (χ0) is 13.6. The summed E-state index contributed by atoms with van der Waals surface area (Å²) in [6, 6.07) is 0.289. The lowest BCUT2D eigenvalue weighted by Crippen LogP contribution is -2.37. The summed E-state index contributed by atoms with van der Waals surface area (Å²) in [4.78, 5) is 23.1. The van der Waals surface area contributed by atoms with Gasteiger partial charge in [0.25, 0.3) is 0 Å². The molecule has 0 aromatic carbocycles. The second-order valence-electron chi connectivity index (χ2n) is 5.54. The molecule has 0 bridgehead atoms. The quantitative estimate of drug-likeness (QED) is 0.797. The van der Waals surface area contributed by atoms with Crippen LogP contribution in [0.25, 0.3) is 0 Å². The lowest BCUT2D eigenvalue weighted by Gasteiger charge is -2.23. The van der Waals surface area contributed by atoms with E-state index in [-0.39, 0.29) is 30.8 Å².